The molecule has 9 heteroatoms. The van der Waals surface area contributed by atoms with Gasteiger partial charge in [0.15, 0.2) is 11.5 Å². The van der Waals surface area contributed by atoms with Crippen molar-refractivity contribution in [3.05, 3.63) is 34.9 Å². The topological polar surface area (TPSA) is 94.2 Å². The highest BCUT2D eigenvalue weighted by molar-refractivity contribution is 8.04. The number of nitrogens with one attached hydrogen (secondary N) is 1. The molecule has 0 aromatic heterocycles. The quantitative estimate of drug-likeness (QED) is 0.525. The molecule has 1 N–H and O–H groups in total. The van der Waals surface area contributed by atoms with Gasteiger partial charge in [-0.1, -0.05) is 17.8 Å². The predicted molar refractivity (Wildman–Crippen MR) is 100 cm³/mol. The van der Waals surface area contributed by atoms with Gasteiger partial charge in [-0.3, -0.25) is 14.5 Å². The second-order valence-electron chi connectivity index (χ2n) is 5.47. The first-order valence-corrected chi connectivity index (χ1v) is 9.26. The largest absolute Gasteiger partial charge is 0.493 e. The maximum atomic E-state index is 12.2. The number of rotatable bonds is 8. The zero-order valence-corrected chi connectivity index (χ0v) is 16.3. The zero-order chi connectivity index (χ0) is 19.8. The monoisotopic (exact) mass is 394 g/mol. The van der Waals surface area contributed by atoms with Crippen LogP contribution in [0.1, 0.15) is 12.5 Å². The maximum absolute atomic E-state index is 12.2. The Labute approximate surface area is 161 Å². The van der Waals surface area contributed by atoms with Gasteiger partial charge in [0.2, 0.25) is 11.8 Å². The lowest BCUT2D eigenvalue weighted by molar-refractivity contribution is -0.137. The predicted octanol–water partition coefficient (Wildman–Crippen LogP) is 1.30. The number of esters is 1. The number of carbonyl (C=O) groups excluding carboxylic acids is 3. The van der Waals surface area contributed by atoms with E-state index in [1.165, 1.54) is 29.8 Å². The van der Waals surface area contributed by atoms with Crippen LogP contribution in [0, 0.1) is 0 Å². The molecule has 0 spiro atoms. The van der Waals surface area contributed by atoms with Crippen molar-refractivity contribution >= 4 is 29.5 Å². The van der Waals surface area contributed by atoms with Crippen LogP contribution in [-0.2, 0) is 25.7 Å². The van der Waals surface area contributed by atoms with Crippen molar-refractivity contribution in [2.75, 3.05) is 33.1 Å². The third-order valence-corrected chi connectivity index (χ3v) is 4.70. The summed E-state index contributed by atoms with van der Waals surface area (Å²) in [5.74, 6) is 0.252. The fourth-order valence-corrected chi connectivity index (χ4v) is 3.30. The van der Waals surface area contributed by atoms with E-state index < -0.39 is 5.97 Å². The molecule has 1 saturated heterocycles. The van der Waals surface area contributed by atoms with Crippen molar-refractivity contribution in [2.45, 2.75) is 13.5 Å². The summed E-state index contributed by atoms with van der Waals surface area (Å²) in [7, 11) is 3.08. The first-order chi connectivity index (χ1) is 13.0. The highest BCUT2D eigenvalue weighted by atomic mass is 32.2. The molecule has 1 fully saturated rings. The van der Waals surface area contributed by atoms with Crippen molar-refractivity contribution in [3.63, 3.8) is 0 Å². The smallest absolute Gasteiger partial charge is 0.333 e. The summed E-state index contributed by atoms with van der Waals surface area (Å²) in [6.45, 7) is 2.05. The molecule has 0 saturated carbocycles. The Morgan fingerprint density at radius 1 is 1.26 bits per heavy atom. The van der Waals surface area contributed by atoms with E-state index >= 15 is 0 Å². The number of ether oxygens (including phenoxy) is 3. The van der Waals surface area contributed by atoms with E-state index in [1.54, 1.807) is 26.2 Å². The molecule has 0 radical (unpaired) electrons. The van der Waals surface area contributed by atoms with Gasteiger partial charge in [0, 0.05) is 6.54 Å². The maximum Gasteiger partial charge on any atom is 0.333 e. The minimum atomic E-state index is -0.537. The summed E-state index contributed by atoms with van der Waals surface area (Å²) >= 11 is 1.20. The Morgan fingerprint density at radius 3 is 2.67 bits per heavy atom. The third-order valence-electron chi connectivity index (χ3n) is 3.68. The molecule has 1 aromatic carbocycles. The van der Waals surface area contributed by atoms with Crippen LogP contribution in [0.3, 0.4) is 0 Å². The molecule has 1 aliphatic rings. The molecule has 0 unspecified atom stereocenters. The molecular formula is C18H22N2O6S. The van der Waals surface area contributed by atoms with Gasteiger partial charge in [-0.25, -0.2) is 4.79 Å². The molecular weight excluding hydrogens is 372 g/mol. The highest BCUT2D eigenvalue weighted by Gasteiger charge is 2.29. The number of benzene rings is 1. The van der Waals surface area contributed by atoms with Crippen molar-refractivity contribution in [1.29, 1.82) is 0 Å². The molecule has 2 amide bonds. The number of thioether (sulfide) groups is 1. The van der Waals surface area contributed by atoms with Crippen LogP contribution in [0.25, 0.3) is 0 Å². The molecule has 8 nitrogen and oxygen atoms in total. The zero-order valence-electron chi connectivity index (χ0n) is 15.4. The molecule has 1 aliphatic heterocycles. The van der Waals surface area contributed by atoms with Crippen LogP contribution in [0.4, 0.5) is 0 Å². The average Bonchev–Trinajstić information content (AvgIpc) is 2.99. The van der Waals surface area contributed by atoms with Crippen LogP contribution in [0.2, 0.25) is 0 Å². The molecule has 1 heterocycles. The minimum absolute atomic E-state index is 0.162. The summed E-state index contributed by atoms with van der Waals surface area (Å²) in [5, 5.41) is 3.17. The fraction of sp³-hybridized carbons (Fsp3) is 0.389. The van der Waals surface area contributed by atoms with Gasteiger partial charge >= 0.3 is 5.97 Å². The lowest BCUT2D eigenvalue weighted by Gasteiger charge is -2.17. The van der Waals surface area contributed by atoms with Crippen molar-refractivity contribution in [1.82, 2.24) is 10.2 Å². The fourth-order valence-electron chi connectivity index (χ4n) is 2.38. The Bertz CT molecular complexity index is 749. The summed E-state index contributed by atoms with van der Waals surface area (Å²) < 4.78 is 15.3. The Kier molecular flexibility index (Phi) is 7.54. The van der Waals surface area contributed by atoms with E-state index in [1.807, 2.05) is 6.07 Å². The second kappa shape index (κ2) is 9.86. The normalized spacial score (nSPS) is 15.0. The highest BCUT2D eigenvalue weighted by Crippen LogP contribution is 2.29. The van der Waals surface area contributed by atoms with E-state index in [4.69, 9.17) is 14.2 Å². The molecule has 2 rings (SSSR count). The number of hydrogen-bond donors (Lipinski definition) is 1. The first-order valence-electron chi connectivity index (χ1n) is 8.27. The van der Waals surface area contributed by atoms with Gasteiger partial charge in [-0.05, 0) is 24.6 Å². The Morgan fingerprint density at radius 2 is 2.00 bits per heavy atom. The van der Waals surface area contributed by atoms with Crippen molar-refractivity contribution in [2.24, 2.45) is 0 Å². The Hall–Kier alpha value is -2.68. The first kappa shape index (κ1) is 20.6. The number of carbonyl (C=O) groups is 3. The van der Waals surface area contributed by atoms with Crippen molar-refractivity contribution < 1.29 is 28.6 Å². The molecule has 0 bridgehead atoms. The number of nitrogens with zero attached hydrogens (tertiary/aromatic N) is 1. The van der Waals surface area contributed by atoms with Gasteiger partial charge in [0.05, 0.1) is 37.7 Å². The van der Waals surface area contributed by atoms with E-state index in [0.29, 0.717) is 16.5 Å². The molecule has 27 heavy (non-hydrogen) atoms. The number of hydrogen-bond acceptors (Lipinski definition) is 7. The SMILES string of the molecule is CCOC(=O)/C=C1/SCC(=O)N1CC(=O)NCc1ccc(OC)c(OC)c1. The third kappa shape index (κ3) is 5.65. The van der Waals surface area contributed by atoms with Gasteiger partial charge in [-0.15, -0.1) is 0 Å². The van der Waals surface area contributed by atoms with Gasteiger partial charge in [0.1, 0.15) is 6.54 Å². The van der Waals surface area contributed by atoms with Crippen LogP contribution >= 0.6 is 11.8 Å². The van der Waals surface area contributed by atoms with E-state index in [0.717, 1.165) is 5.56 Å². The van der Waals surface area contributed by atoms with Crippen LogP contribution in [-0.4, -0.2) is 55.8 Å². The molecule has 0 aliphatic carbocycles. The van der Waals surface area contributed by atoms with Gasteiger partial charge in [0.25, 0.3) is 0 Å². The van der Waals surface area contributed by atoms with Gasteiger partial charge in [-0.2, -0.15) is 0 Å². The van der Waals surface area contributed by atoms with E-state index in [-0.39, 0.29) is 37.3 Å². The van der Waals surface area contributed by atoms with Crippen molar-refractivity contribution in [3.8, 4) is 11.5 Å². The average molecular weight is 394 g/mol. The molecule has 146 valence electrons. The molecule has 0 atom stereocenters. The number of methoxy groups -OCH3 is 2. The lowest BCUT2D eigenvalue weighted by atomic mass is 10.2. The van der Waals surface area contributed by atoms with Gasteiger partial charge < -0.3 is 19.5 Å². The van der Waals surface area contributed by atoms with Crippen LogP contribution < -0.4 is 14.8 Å². The summed E-state index contributed by atoms with van der Waals surface area (Å²) in [4.78, 5) is 37.1. The number of amides is 2. The summed E-state index contributed by atoms with van der Waals surface area (Å²) in [5.41, 5.74) is 0.824. The Balaban J connectivity index is 1.96. The second-order valence-corrected chi connectivity index (χ2v) is 6.46. The lowest BCUT2D eigenvalue weighted by Crippen LogP contribution is -2.37. The minimum Gasteiger partial charge on any atom is -0.493 e. The molecule has 1 aromatic rings. The van der Waals surface area contributed by atoms with Crippen LogP contribution in [0.5, 0.6) is 11.5 Å². The standard InChI is InChI=1S/C18H22N2O6S/c1-4-26-18(23)8-17-20(16(22)11-27-17)10-15(21)19-9-12-5-6-13(24-2)14(7-12)25-3/h5-8H,4,9-11H2,1-3H3,(H,19,21)/b17-8+. The summed E-state index contributed by atoms with van der Waals surface area (Å²) in [6, 6.07) is 5.33. The van der Waals surface area contributed by atoms with E-state index in [9.17, 15) is 14.4 Å². The van der Waals surface area contributed by atoms with Crippen LogP contribution in [0.15, 0.2) is 29.3 Å². The summed E-state index contributed by atoms with van der Waals surface area (Å²) in [6.07, 6.45) is 1.24. The van der Waals surface area contributed by atoms with E-state index in [2.05, 4.69) is 5.32 Å².